The molecule has 0 unspecified atom stereocenters. The van der Waals surface area contributed by atoms with Crippen LogP contribution in [0.2, 0.25) is 5.02 Å². The molecule has 2 rings (SSSR count). The first-order chi connectivity index (χ1) is 12.7. The number of benzene rings is 1. The van der Waals surface area contributed by atoms with Crippen molar-refractivity contribution >= 4 is 34.9 Å². The Morgan fingerprint density at radius 3 is 2.78 bits per heavy atom. The molecule has 1 fully saturated rings. The van der Waals surface area contributed by atoms with Gasteiger partial charge in [0.2, 0.25) is 6.54 Å². The molecule has 1 aromatic carbocycles. The molecule has 0 aliphatic heterocycles. The number of ketones is 1. The fraction of sp³-hybridized carbons (Fsp3) is 0.500. The number of ether oxygens (including phenoxy) is 1. The minimum absolute atomic E-state index is 0.158. The Morgan fingerprint density at radius 2 is 2.11 bits per heavy atom. The number of nitrogens with one attached hydrogen (secondary N) is 1. The van der Waals surface area contributed by atoms with Gasteiger partial charge >= 0.3 is 5.97 Å². The number of rotatable bonds is 7. The van der Waals surface area contributed by atoms with Crippen LogP contribution in [0.4, 0.5) is 5.69 Å². The van der Waals surface area contributed by atoms with E-state index in [1.54, 1.807) is 32.0 Å². The SMILES string of the molecule is Cc1ccc(Cl)cc1NC(=O)COC(=O)C[C@H]1C(=O)C[C@@H](C)[C@@H]1C[N+](=O)[O-]. The van der Waals surface area contributed by atoms with Crippen LogP contribution in [0.1, 0.15) is 25.3 Å². The molecule has 0 heterocycles. The molecule has 0 spiro atoms. The zero-order valence-electron chi connectivity index (χ0n) is 15.1. The molecule has 1 aliphatic carbocycles. The van der Waals surface area contributed by atoms with Gasteiger partial charge in [-0.1, -0.05) is 24.6 Å². The largest absolute Gasteiger partial charge is 0.456 e. The van der Waals surface area contributed by atoms with Gasteiger partial charge in [-0.15, -0.1) is 0 Å². The number of nitro groups is 1. The van der Waals surface area contributed by atoms with Crippen LogP contribution in [-0.4, -0.2) is 35.7 Å². The maximum absolute atomic E-state index is 12.0. The number of anilines is 1. The summed E-state index contributed by atoms with van der Waals surface area (Å²) in [6.45, 7) is 2.68. The summed E-state index contributed by atoms with van der Waals surface area (Å²) in [6.07, 6.45) is -0.0455. The number of Topliss-reactive ketones (excluding diaryl/α,β-unsaturated/α-hetero) is 1. The summed E-state index contributed by atoms with van der Waals surface area (Å²) < 4.78 is 4.94. The lowest BCUT2D eigenvalue weighted by Gasteiger charge is -2.17. The Labute approximate surface area is 161 Å². The van der Waals surface area contributed by atoms with E-state index in [0.29, 0.717) is 10.7 Å². The van der Waals surface area contributed by atoms with Crippen LogP contribution in [0.25, 0.3) is 0 Å². The fourth-order valence-corrected chi connectivity index (χ4v) is 3.47. The highest BCUT2D eigenvalue weighted by Crippen LogP contribution is 2.36. The van der Waals surface area contributed by atoms with E-state index in [-0.39, 0.29) is 31.1 Å². The van der Waals surface area contributed by atoms with E-state index in [1.165, 1.54) is 0 Å². The Hall–Kier alpha value is -2.48. The predicted molar refractivity (Wildman–Crippen MR) is 98.0 cm³/mol. The van der Waals surface area contributed by atoms with Gasteiger partial charge in [0.05, 0.1) is 6.42 Å². The van der Waals surface area contributed by atoms with E-state index in [1.807, 2.05) is 0 Å². The van der Waals surface area contributed by atoms with Gasteiger partial charge in [-0.2, -0.15) is 0 Å². The zero-order valence-corrected chi connectivity index (χ0v) is 15.8. The Morgan fingerprint density at radius 1 is 1.41 bits per heavy atom. The highest BCUT2D eigenvalue weighted by atomic mass is 35.5. The second-order valence-electron chi connectivity index (χ2n) is 6.81. The van der Waals surface area contributed by atoms with E-state index < -0.39 is 35.2 Å². The molecule has 1 aromatic rings. The number of carbonyl (C=O) groups is 3. The Kier molecular flexibility index (Phi) is 6.90. The molecule has 1 saturated carbocycles. The number of nitrogens with zero attached hydrogens (tertiary/aromatic N) is 1. The van der Waals surface area contributed by atoms with E-state index in [0.717, 1.165) is 5.56 Å². The van der Waals surface area contributed by atoms with Crippen molar-refractivity contribution < 1.29 is 24.0 Å². The summed E-state index contributed by atoms with van der Waals surface area (Å²) in [5.41, 5.74) is 1.31. The monoisotopic (exact) mass is 396 g/mol. The number of esters is 1. The van der Waals surface area contributed by atoms with Crippen LogP contribution in [0, 0.1) is 34.8 Å². The van der Waals surface area contributed by atoms with E-state index in [4.69, 9.17) is 16.3 Å². The lowest BCUT2D eigenvalue weighted by atomic mass is 9.88. The van der Waals surface area contributed by atoms with Crippen LogP contribution in [0.3, 0.4) is 0 Å². The summed E-state index contributed by atoms with van der Waals surface area (Å²) in [5.74, 6) is -2.84. The third-order valence-corrected chi connectivity index (χ3v) is 5.00. The molecular formula is C18H21ClN2O6. The second kappa shape index (κ2) is 8.94. The van der Waals surface area contributed by atoms with Gasteiger partial charge in [0, 0.05) is 33.9 Å². The van der Waals surface area contributed by atoms with Crippen molar-refractivity contribution in [2.24, 2.45) is 17.8 Å². The molecule has 1 N–H and O–H groups in total. The topological polar surface area (TPSA) is 116 Å². The van der Waals surface area contributed by atoms with Crippen LogP contribution in [0.15, 0.2) is 18.2 Å². The molecule has 1 amide bonds. The minimum atomic E-state index is -0.740. The smallest absolute Gasteiger partial charge is 0.307 e. The van der Waals surface area contributed by atoms with Crippen LogP contribution in [-0.2, 0) is 19.1 Å². The molecule has 0 aromatic heterocycles. The van der Waals surface area contributed by atoms with Crippen molar-refractivity contribution in [2.45, 2.75) is 26.7 Å². The standard InChI is InChI=1S/C18H21ClN2O6/c1-10-3-4-12(19)6-15(10)20-17(23)9-27-18(24)7-13-14(8-21(25)26)11(2)5-16(13)22/h3-4,6,11,13-14H,5,7-9H2,1-2H3,(H,20,23)/t11-,13-,14+/m1/s1. The maximum Gasteiger partial charge on any atom is 0.307 e. The third kappa shape index (κ3) is 5.75. The summed E-state index contributed by atoms with van der Waals surface area (Å²) in [6, 6.07) is 5.01. The Bertz CT molecular complexity index is 766. The number of carbonyl (C=O) groups excluding carboxylic acids is 3. The van der Waals surface area contributed by atoms with Crippen molar-refractivity contribution in [3.63, 3.8) is 0 Å². The van der Waals surface area contributed by atoms with Crippen molar-refractivity contribution in [1.82, 2.24) is 0 Å². The number of amides is 1. The highest BCUT2D eigenvalue weighted by molar-refractivity contribution is 6.31. The number of halogens is 1. The van der Waals surface area contributed by atoms with Crippen LogP contribution >= 0.6 is 11.6 Å². The maximum atomic E-state index is 12.0. The van der Waals surface area contributed by atoms with Crippen molar-refractivity contribution in [1.29, 1.82) is 0 Å². The van der Waals surface area contributed by atoms with E-state index >= 15 is 0 Å². The van der Waals surface area contributed by atoms with Gasteiger partial charge in [-0.25, -0.2) is 0 Å². The first-order valence-corrected chi connectivity index (χ1v) is 8.91. The van der Waals surface area contributed by atoms with Gasteiger partial charge in [0.15, 0.2) is 6.61 Å². The van der Waals surface area contributed by atoms with E-state index in [9.17, 15) is 24.5 Å². The van der Waals surface area contributed by atoms with E-state index in [2.05, 4.69) is 5.32 Å². The third-order valence-electron chi connectivity index (χ3n) is 4.77. The molecule has 9 heteroatoms. The summed E-state index contributed by atoms with van der Waals surface area (Å²) in [4.78, 5) is 46.3. The second-order valence-corrected chi connectivity index (χ2v) is 7.24. The predicted octanol–water partition coefficient (Wildman–Crippen LogP) is 2.64. The number of hydrogen-bond donors (Lipinski definition) is 1. The summed E-state index contributed by atoms with van der Waals surface area (Å²) in [7, 11) is 0. The normalized spacial score (nSPS) is 21.7. The molecular weight excluding hydrogens is 376 g/mol. The van der Waals surface area contributed by atoms with Gasteiger partial charge in [-0.3, -0.25) is 24.5 Å². The summed E-state index contributed by atoms with van der Waals surface area (Å²) in [5, 5.41) is 13.8. The fourth-order valence-electron chi connectivity index (χ4n) is 3.30. The number of aryl methyl sites for hydroxylation is 1. The molecule has 8 nitrogen and oxygen atoms in total. The van der Waals surface area contributed by atoms with Crippen molar-refractivity contribution in [3.8, 4) is 0 Å². The minimum Gasteiger partial charge on any atom is -0.456 e. The van der Waals surface area contributed by atoms with Crippen LogP contribution < -0.4 is 5.32 Å². The molecule has 27 heavy (non-hydrogen) atoms. The molecule has 3 atom stereocenters. The van der Waals surface area contributed by atoms with Gasteiger partial charge in [-0.05, 0) is 30.5 Å². The zero-order chi connectivity index (χ0) is 20.1. The average Bonchev–Trinajstić information content (AvgIpc) is 2.83. The number of hydrogen-bond acceptors (Lipinski definition) is 6. The molecule has 146 valence electrons. The molecule has 1 aliphatic rings. The lowest BCUT2D eigenvalue weighted by Crippen LogP contribution is -2.28. The first kappa shape index (κ1) is 20.8. The molecule has 0 bridgehead atoms. The van der Waals surface area contributed by atoms with Gasteiger partial charge in [0.1, 0.15) is 5.78 Å². The lowest BCUT2D eigenvalue weighted by molar-refractivity contribution is -0.490. The van der Waals surface area contributed by atoms with Gasteiger partial charge < -0.3 is 10.1 Å². The highest BCUT2D eigenvalue weighted by Gasteiger charge is 2.44. The quantitative estimate of drug-likeness (QED) is 0.430. The Balaban J connectivity index is 1.87. The molecule has 0 saturated heterocycles. The van der Waals surface area contributed by atoms with Crippen LogP contribution in [0.5, 0.6) is 0 Å². The van der Waals surface area contributed by atoms with Crippen molar-refractivity contribution in [3.05, 3.63) is 38.9 Å². The first-order valence-electron chi connectivity index (χ1n) is 8.53. The average molecular weight is 397 g/mol. The summed E-state index contributed by atoms with van der Waals surface area (Å²) >= 11 is 5.88. The molecule has 0 radical (unpaired) electrons. The van der Waals surface area contributed by atoms with Crippen molar-refractivity contribution in [2.75, 3.05) is 18.5 Å². The van der Waals surface area contributed by atoms with Gasteiger partial charge in [0.25, 0.3) is 5.91 Å².